The van der Waals surface area contributed by atoms with Crippen molar-refractivity contribution in [2.75, 3.05) is 6.26 Å². The molecule has 0 fully saturated rings. The normalized spacial score (nSPS) is 11.8. The molecular formula is C15H14O2S. The summed E-state index contributed by atoms with van der Waals surface area (Å²) in [7, 11) is -3.11. The van der Waals surface area contributed by atoms with Gasteiger partial charge in [0.2, 0.25) is 0 Å². The molecule has 0 heterocycles. The van der Waals surface area contributed by atoms with Crippen molar-refractivity contribution >= 4 is 22.0 Å². The van der Waals surface area contributed by atoms with Crippen molar-refractivity contribution in [2.45, 2.75) is 4.90 Å². The molecule has 2 aromatic carbocycles. The fraction of sp³-hybridized carbons (Fsp3) is 0.0667. The molecule has 0 radical (unpaired) electrons. The van der Waals surface area contributed by atoms with Crippen LogP contribution in [-0.4, -0.2) is 14.7 Å². The number of sulfone groups is 1. The van der Waals surface area contributed by atoms with Gasteiger partial charge in [0.15, 0.2) is 9.84 Å². The monoisotopic (exact) mass is 258 g/mol. The molecule has 0 bridgehead atoms. The SMILES string of the molecule is CS(=O)(=O)c1ccc(/C=C\c2ccccc2)cc1. The van der Waals surface area contributed by atoms with Crippen molar-refractivity contribution in [2.24, 2.45) is 0 Å². The third-order valence-electron chi connectivity index (χ3n) is 2.58. The number of benzene rings is 2. The average Bonchev–Trinajstić information content (AvgIpc) is 2.37. The molecule has 2 aromatic rings. The fourth-order valence-corrected chi connectivity index (χ4v) is 2.21. The Balaban J connectivity index is 2.19. The lowest BCUT2D eigenvalue weighted by atomic mass is 10.1. The van der Waals surface area contributed by atoms with Gasteiger partial charge in [-0.25, -0.2) is 8.42 Å². The van der Waals surface area contributed by atoms with Gasteiger partial charge < -0.3 is 0 Å². The lowest BCUT2D eigenvalue weighted by Crippen LogP contribution is -1.95. The van der Waals surface area contributed by atoms with E-state index in [1.165, 1.54) is 6.26 Å². The van der Waals surface area contributed by atoms with E-state index in [4.69, 9.17) is 0 Å². The molecule has 0 N–H and O–H groups in total. The summed E-state index contributed by atoms with van der Waals surface area (Å²) in [5, 5.41) is 0. The van der Waals surface area contributed by atoms with Crippen molar-refractivity contribution in [3.63, 3.8) is 0 Å². The highest BCUT2D eigenvalue weighted by atomic mass is 32.2. The molecule has 0 unspecified atom stereocenters. The zero-order chi connectivity index (χ0) is 13.0. The summed E-state index contributed by atoms with van der Waals surface area (Å²) >= 11 is 0. The predicted octanol–water partition coefficient (Wildman–Crippen LogP) is 3.26. The summed E-state index contributed by atoms with van der Waals surface area (Å²) in [6.45, 7) is 0. The Kier molecular flexibility index (Phi) is 3.63. The van der Waals surface area contributed by atoms with E-state index >= 15 is 0 Å². The molecule has 3 heteroatoms. The molecule has 0 amide bonds. The molecule has 2 nitrogen and oxygen atoms in total. The van der Waals surface area contributed by atoms with E-state index in [0.717, 1.165) is 11.1 Å². The maximum Gasteiger partial charge on any atom is 0.175 e. The second-order valence-electron chi connectivity index (χ2n) is 4.09. The standard InChI is InChI=1S/C15H14O2S/c1-18(16,17)15-11-9-14(10-12-15)8-7-13-5-3-2-4-6-13/h2-12H,1H3/b8-7-. The minimum Gasteiger partial charge on any atom is -0.224 e. The Hall–Kier alpha value is -1.87. The molecule has 0 saturated carbocycles. The van der Waals surface area contributed by atoms with E-state index in [1.54, 1.807) is 24.3 Å². The van der Waals surface area contributed by atoms with E-state index in [2.05, 4.69) is 0 Å². The van der Waals surface area contributed by atoms with Gasteiger partial charge in [-0.05, 0) is 23.3 Å². The van der Waals surface area contributed by atoms with Crippen LogP contribution in [0.25, 0.3) is 12.2 Å². The topological polar surface area (TPSA) is 34.1 Å². The number of hydrogen-bond acceptors (Lipinski definition) is 2. The van der Waals surface area contributed by atoms with Gasteiger partial charge in [-0.3, -0.25) is 0 Å². The lowest BCUT2D eigenvalue weighted by molar-refractivity contribution is 0.602. The van der Waals surface area contributed by atoms with Gasteiger partial charge in [0.05, 0.1) is 4.90 Å². The van der Waals surface area contributed by atoms with Crippen molar-refractivity contribution in [1.82, 2.24) is 0 Å². The summed E-state index contributed by atoms with van der Waals surface area (Å²) < 4.78 is 22.6. The van der Waals surface area contributed by atoms with Crippen molar-refractivity contribution in [3.8, 4) is 0 Å². The maximum absolute atomic E-state index is 11.3. The lowest BCUT2D eigenvalue weighted by Gasteiger charge is -1.98. The third kappa shape index (κ3) is 3.31. The summed E-state index contributed by atoms with van der Waals surface area (Å²) in [6.07, 6.45) is 5.17. The highest BCUT2D eigenvalue weighted by Gasteiger charge is 2.04. The average molecular weight is 258 g/mol. The molecule has 92 valence electrons. The van der Waals surface area contributed by atoms with Crippen LogP contribution in [0.2, 0.25) is 0 Å². The fourth-order valence-electron chi connectivity index (χ4n) is 1.58. The van der Waals surface area contributed by atoms with Crippen molar-refractivity contribution in [3.05, 3.63) is 65.7 Å². The number of rotatable bonds is 3. The van der Waals surface area contributed by atoms with E-state index < -0.39 is 9.84 Å². The molecule has 0 spiro atoms. The van der Waals surface area contributed by atoms with Gasteiger partial charge in [-0.15, -0.1) is 0 Å². The Morgan fingerprint density at radius 2 is 1.28 bits per heavy atom. The largest absolute Gasteiger partial charge is 0.224 e. The van der Waals surface area contributed by atoms with Crippen molar-refractivity contribution < 1.29 is 8.42 Å². The minimum absolute atomic E-state index is 0.347. The van der Waals surface area contributed by atoms with Crippen LogP contribution in [0.4, 0.5) is 0 Å². The van der Waals surface area contributed by atoms with Crippen LogP contribution >= 0.6 is 0 Å². The van der Waals surface area contributed by atoms with E-state index in [1.807, 2.05) is 42.5 Å². The number of hydrogen-bond donors (Lipinski definition) is 0. The van der Waals surface area contributed by atoms with Gasteiger partial charge in [0.1, 0.15) is 0 Å². The second-order valence-corrected chi connectivity index (χ2v) is 6.10. The Labute approximate surface area is 108 Å². The molecule has 0 aliphatic rings. The zero-order valence-electron chi connectivity index (χ0n) is 10.1. The van der Waals surface area contributed by atoms with Crippen LogP contribution < -0.4 is 0 Å². The quantitative estimate of drug-likeness (QED) is 0.792. The summed E-state index contributed by atoms with van der Waals surface area (Å²) in [5.41, 5.74) is 2.09. The van der Waals surface area contributed by atoms with E-state index in [-0.39, 0.29) is 0 Å². The smallest absolute Gasteiger partial charge is 0.175 e. The molecule has 0 aliphatic carbocycles. The van der Waals surface area contributed by atoms with Gasteiger partial charge in [-0.1, -0.05) is 54.6 Å². The van der Waals surface area contributed by atoms with Gasteiger partial charge in [0.25, 0.3) is 0 Å². The molecule has 0 saturated heterocycles. The zero-order valence-corrected chi connectivity index (χ0v) is 10.9. The van der Waals surface area contributed by atoms with Crippen LogP contribution in [0.5, 0.6) is 0 Å². The molecule has 18 heavy (non-hydrogen) atoms. The first-order valence-electron chi connectivity index (χ1n) is 5.59. The second kappa shape index (κ2) is 5.19. The van der Waals surface area contributed by atoms with Crippen LogP contribution in [0.3, 0.4) is 0 Å². The first kappa shape index (κ1) is 12.6. The minimum atomic E-state index is -3.11. The molecule has 0 aliphatic heterocycles. The van der Waals surface area contributed by atoms with Crippen LogP contribution in [0.15, 0.2) is 59.5 Å². The molecule has 0 atom stereocenters. The summed E-state index contributed by atoms with van der Waals surface area (Å²) in [6, 6.07) is 16.8. The first-order valence-corrected chi connectivity index (χ1v) is 7.48. The molecule has 0 aromatic heterocycles. The summed E-state index contributed by atoms with van der Waals surface area (Å²) in [5.74, 6) is 0. The Morgan fingerprint density at radius 1 is 0.778 bits per heavy atom. The van der Waals surface area contributed by atoms with E-state index in [9.17, 15) is 8.42 Å². The van der Waals surface area contributed by atoms with Crippen LogP contribution in [-0.2, 0) is 9.84 Å². The van der Waals surface area contributed by atoms with E-state index in [0.29, 0.717) is 4.90 Å². The van der Waals surface area contributed by atoms with Gasteiger partial charge in [0, 0.05) is 6.26 Å². The van der Waals surface area contributed by atoms with Gasteiger partial charge in [-0.2, -0.15) is 0 Å². The van der Waals surface area contributed by atoms with Gasteiger partial charge >= 0.3 is 0 Å². The first-order chi connectivity index (χ1) is 8.55. The summed E-state index contributed by atoms with van der Waals surface area (Å²) in [4.78, 5) is 0.347. The Bertz CT molecular complexity index is 639. The Morgan fingerprint density at radius 3 is 1.78 bits per heavy atom. The predicted molar refractivity (Wildman–Crippen MR) is 74.9 cm³/mol. The third-order valence-corrected chi connectivity index (χ3v) is 3.70. The molecular weight excluding hydrogens is 244 g/mol. The van der Waals surface area contributed by atoms with Crippen LogP contribution in [0.1, 0.15) is 11.1 Å². The van der Waals surface area contributed by atoms with Crippen molar-refractivity contribution in [1.29, 1.82) is 0 Å². The highest BCUT2D eigenvalue weighted by Crippen LogP contribution is 2.12. The van der Waals surface area contributed by atoms with Crippen LogP contribution in [0, 0.1) is 0 Å². The maximum atomic E-state index is 11.3. The highest BCUT2D eigenvalue weighted by molar-refractivity contribution is 7.90. The molecule has 2 rings (SSSR count).